The third kappa shape index (κ3) is 2.47. The quantitative estimate of drug-likeness (QED) is 0.805. The van der Waals surface area contributed by atoms with Crippen LogP contribution in [-0.2, 0) is 4.79 Å². The van der Waals surface area contributed by atoms with Crippen molar-refractivity contribution in [2.24, 2.45) is 0 Å². The summed E-state index contributed by atoms with van der Waals surface area (Å²) in [4.78, 5) is 27.9. The van der Waals surface area contributed by atoms with Crippen molar-refractivity contribution in [1.82, 2.24) is 9.88 Å². The molecule has 1 amide bonds. The van der Waals surface area contributed by atoms with Gasteiger partial charge in [0, 0.05) is 6.54 Å². The molecule has 18 heavy (non-hydrogen) atoms. The van der Waals surface area contributed by atoms with Gasteiger partial charge in [0.25, 0.3) is 5.91 Å². The number of carbonyl (C=O) groups is 2. The fourth-order valence-electron chi connectivity index (χ4n) is 2.11. The number of hydrogen-bond donors (Lipinski definition) is 1. The minimum absolute atomic E-state index is 0.0526. The molecule has 0 spiro atoms. The van der Waals surface area contributed by atoms with Crippen LogP contribution < -0.4 is 0 Å². The maximum Gasteiger partial charge on any atom is 0.326 e. The van der Waals surface area contributed by atoms with Crippen LogP contribution in [0.5, 0.6) is 0 Å². The van der Waals surface area contributed by atoms with E-state index in [0.717, 1.165) is 18.9 Å². The minimum atomic E-state index is -1.03. The van der Waals surface area contributed by atoms with E-state index in [1.165, 1.54) is 17.0 Å². The molecule has 0 aromatic carbocycles. The first kappa shape index (κ1) is 12.5. The highest BCUT2D eigenvalue weighted by Gasteiger charge is 2.32. The van der Waals surface area contributed by atoms with E-state index in [1.54, 1.807) is 0 Å². The highest BCUT2D eigenvalue weighted by Crippen LogP contribution is 2.19. The van der Waals surface area contributed by atoms with Crippen LogP contribution in [0.15, 0.2) is 18.2 Å². The summed E-state index contributed by atoms with van der Waals surface area (Å²) in [5.41, 5.74) is -0.0526. The average Bonchev–Trinajstić information content (AvgIpc) is 2.38. The summed E-state index contributed by atoms with van der Waals surface area (Å²) >= 11 is 0. The predicted molar refractivity (Wildman–Crippen MR) is 60.5 cm³/mol. The van der Waals surface area contributed by atoms with Crippen molar-refractivity contribution in [1.29, 1.82) is 0 Å². The Morgan fingerprint density at radius 3 is 2.83 bits per heavy atom. The largest absolute Gasteiger partial charge is 0.480 e. The van der Waals surface area contributed by atoms with Crippen LogP contribution in [0.3, 0.4) is 0 Å². The van der Waals surface area contributed by atoms with Crippen LogP contribution >= 0.6 is 0 Å². The minimum Gasteiger partial charge on any atom is -0.480 e. The Labute approximate surface area is 103 Å². The van der Waals surface area contributed by atoms with Gasteiger partial charge in [0.2, 0.25) is 5.95 Å². The van der Waals surface area contributed by atoms with E-state index in [1.807, 2.05) is 0 Å². The second-order valence-corrected chi connectivity index (χ2v) is 4.19. The Hall–Kier alpha value is -1.98. The lowest BCUT2D eigenvalue weighted by Crippen LogP contribution is -2.48. The molecule has 1 aliphatic heterocycles. The predicted octanol–water partition coefficient (Wildman–Crippen LogP) is 1.30. The van der Waals surface area contributed by atoms with Crippen molar-refractivity contribution in [2.45, 2.75) is 25.3 Å². The molecule has 1 fully saturated rings. The number of pyridine rings is 1. The molecule has 0 bridgehead atoms. The zero-order valence-corrected chi connectivity index (χ0v) is 9.67. The molecule has 96 valence electrons. The van der Waals surface area contributed by atoms with Crippen LogP contribution in [0, 0.1) is 5.95 Å². The maximum absolute atomic E-state index is 13.0. The molecule has 6 heteroatoms. The summed E-state index contributed by atoms with van der Waals surface area (Å²) in [5.74, 6) is -2.30. The van der Waals surface area contributed by atoms with E-state index in [0.29, 0.717) is 13.0 Å². The number of aromatic nitrogens is 1. The molecule has 0 saturated carbocycles. The van der Waals surface area contributed by atoms with Gasteiger partial charge in [-0.25, -0.2) is 9.78 Å². The van der Waals surface area contributed by atoms with E-state index in [-0.39, 0.29) is 5.69 Å². The maximum atomic E-state index is 13.0. The van der Waals surface area contributed by atoms with Crippen molar-refractivity contribution >= 4 is 11.9 Å². The Kier molecular flexibility index (Phi) is 3.55. The van der Waals surface area contributed by atoms with E-state index in [2.05, 4.69) is 4.98 Å². The SMILES string of the molecule is O=C(O)[C@@H]1CCCCN1C(=O)c1cccc(F)n1. The van der Waals surface area contributed by atoms with Crippen molar-refractivity contribution < 1.29 is 19.1 Å². The summed E-state index contributed by atoms with van der Waals surface area (Å²) in [6.07, 6.45) is 1.96. The summed E-state index contributed by atoms with van der Waals surface area (Å²) in [6.45, 7) is 0.369. The topological polar surface area (TPSA) is 70.5 Å². The molecule has 2 rings (SSSR count). The summed E-state index contributed by atoms with van der Waals surface area (Å²) < 4.78 is 13.0. The number of piperidine rings is 1. The Morgan fingerprint density at radius 2 is 2.17 bits per heavy atom. The normalized spacial score (nSPS) is 19.6. The van der Waals surface area contributed by atoms with Gasteiger partial charge in [-0.15, -0.1) is 0 Å². The number of aliphatic carboxylic acids is 1. The lowest BCUT2D eigenvalue weighted by atomic mass is 10.0. The second-order valence-electron chi connectivity index (χ2n) is 4.19. The van der Waals surface area contributed by atoms with Gasteiger partial charge in [-0.2, -0.15) is 4.39 Å². The third-order valence-electron chi connectivity index (χ3n) is 2.98. The van der Waals surface area contributed by atoms with Crippen LogP contribution in [0.2, 0.25) is 0 Å². The van der Waals surface area contributed by atoms with Crippen molar-refractivity contribution in [3.05, 3.63) is 29.8 Å². The van der Waals surface area contributed by atoms with Crippen LogP contribution in [0.1, 0.15) is 29.8 Å². The highest BCUT2D eigenvalue weighted by atomic mass is 19.1. The standard InChI is InChI=1S/C12H13FN2O3/c13-10-6-3-4-8(14-10)11(16)15-7-2-1-5-9(15)12(17)18/h3-4,6,9H,1-2,5,7H2,(H,17,18)/t9-/m0/s1. The lowest BCUT2D eigenvalue weighted by molar-refractivity contribution is -0.143. The molecule has 1 aromatic heterocycles. The molecule has 1 N–H and O–H groups in total. The van der Waals surface area contributed by atoms with Gasteiger partial charge < -0.3 is 10.0 Å². The van der Waals surface area contributed by atoms with Gasteiger partial charge in [0.15, 0.2) is 0 Å². The van der Waals surface area contributed by atoms with Crippen LogP contribution in [-0.4, -0.2) is 39.5 Å². The molecular weight excluding hydrogens is 239 g/mol. The Morgan fingerprint density at radius 1 is 1.39 bits per heavy atom. The molecule has 1 atom stereocenters. The molecule has 5 nitrogen and oxygen atoms in total. The number of nitrogens with zero attached hydrogens (tertiary/aromatic N) is 2. The molecule has 0 aliphatic carbocycles. The zero-order valence-electron chi connectivity index (χ0n) is 9.67. The Bertz CT molecular complexity index is 478. The fourth-order valence-corrected chi connectivity index (χ4v) is 2.11. The molecule has 0 unspecified atom stereocenters. The van der Waals surface area contributed by atoms with E-state index < -0.39 is 23.9 Å². The van der Waals surface area contributed by atoms with E-state index >= 15 is 0 Å². The summed E-state index contributed by atoms with van der Waals surface area (Å²) in [5, 5.41) is 9.07. The average molecular weight is 252 g/mol. The molecule has 1 aliphatic rings. The number of carbonyl (C=O) groups excluding carboxylic acids is 1. The number of halogens is 1. The van der Waals surface area contributed by atoms with E-state index in [4.69, 9.17) is 5.11 Å². The Balaban J connectivity index is 2.23. The van der Waals surface area contributed by atoms with Gasteiger partial charge in [0.1, 0.15) is 11.7 Å². The number of likely N-dealkylation sites (tertiary alicyclic amines) is 1. The zero-order chi connectivity index (χ0) is 13.1. The number of carboxylic acid groups (broad SMARTS) is 1. The first-order valence-corrected chi connectivity index (χ1v) is 5.76. The molecule has 1 aromatic rings. The summed E-state index contributed by atoms with van der Waals surface area (Å²) in [7, 11) is 0. The first-order valence-electron chi connectivity index (χ1n) is 5.76. The number of carboxylic acids is 1. The van der Waals surface area contributed by atoms with Gasteiger partial charge in [-0.05, 0) is 31.4 Å². The number of rotatable bonds is 2. The monoisotopic (exact) mass is 252 g/mol. The summed E-state index contributed by atoms with van der Waals surface area (Å²) in [6, 6.07) is 3.08. The smallest absolute Gasteiger partial charge is 0.326 e. The van der Waals surface area contributed by atoms with Gasteiger partial charge in [0.05, 0.1) is 0 Å². The molecule has 1 saturated heterocycles. The van der Waals surface area contributed by atoms with Gasteiger partial charge in [-0.1, -0.05) is 6.07 Å². The first-order chi connectivity index (χ1) is 8.59. The molecular formula is C12H13FN2O3. The number of hydrogen-bond acceptors (Lipinski definition) is 3. The van der Waals surface area contributed by atoms with E-state index in [9.17, 15) is 14.0 Å². The molecule has 2 heterocycles. The highest BCUT2D eigenvalue weighted by molar-refractivity contribution is 5.95. The van der Waals surface area contributed by atoms with Gasteiger partial charge >= 0.3 is 5.97 Å². The fraction of sp³-hybridized carbons (Fsp3) is 0.417. The van der Waals surface area contributed by atoms with Crippen molar-refractivity contribution in [2.75, 3.05) is 6.54 Å². The number of amides is 1. The van der Waals surface area contributed by atoms with Crippen LogP contribution in [0.4, 0.5) is 4.39 Å². The van der Waals surface area contributed by atoms with Crippen LogP contribution in [0.25, 0.3) is 0 Å². The van der Waals surface area contributed by atoms with Gasteiger partial charge in [-0.3, -0.25) is 4.79 Å². The van der Waals surface area contributed by atoms with Crippen molar-refractivity contribution in [3.8, 4) is 0 Å². The second kappa shape index (κ2) is 5.12. The lowest BCUT2D eigenvalue weighted by Gasteiger charge is -2.32. The molecule has 0 radical (unpaired) electrons. The third-order valence-corrected chi connectivity index (χ3v) is 2.98. The van der Waals surface area contributed by atoms with Crippen molar-refractivity contribution in [3.63, 3.8) is 0 Å².